The summed E-state index contributed by atoms with van der Waals surface area (Å²) in [5.74, 6) is -0.388. The normalized spacial score (nSPS) is 12.3. The van der Waals surface area contributed by atoms with E-state index in [0.29, 0.717) is 19.4 Å². The smallest absolute Gasteiger partial charge is 0.306 e. The molecule has 1 atom stereocenters. The van der Waals surface area contributed by atoms with Gasteiger partial charge in [-0.25, -0.2) is 0 Å². The van der Waals surface area contributed by atoms with Gasteiger partial charge >= 0.3 is 11.9 Å². The Kier molecular flexibility index (Phi) is 55.8. The Bertz CT molecular complexity index is 1050. The monoisotopic (exact) mass is 927 g/mol. The van der Waals surface area contributed by atoms with E-state index in [2.05, 4.69) is 57.2 Å². The standard InChI is InChI=1S/C61H114O5/c1-4-7-10-13-16-19-22-25-28-31-33-36-39-42-45-48-51-54-60(62)65-58-59(57-64-56-53-50-47-44-41-38-35-30-27-24-21-18-15-12-9-6-3)66-61(63)55-52-49-46-43-40-37-34-32-29-26-23-20-17-14-11-8-5-2/h18,21,25,27-28,30,59H,4-17,19-20,22-24,26,29,31-58H2,1-3H3/b21-18-,28-25-,30-27-. The van der Waals surface area contributed by atoms with Gasteiger partial charge in [0.05, 0.1) is 6.61 Å². The van der Waals surface area contributed by atoms with Gasteiger partial charge in [-0.05, 0) is 77.0 Å². The highest BCUT2D eigenvalue weighted by Crippen LogP contribution is 2.16. The topological polar surface area (TPSA) is 61.8 Å². The summed E-state index contributed by atoms with van der Waals surface area (Å²) in [6, 6.07) is 0. The van der Waals surface area contributed by atoms with Gasteiger partial charge in [-0.1, -0.05) is 263 Å². The second-order valence-electron chi connectivity index (χ2n) is 19.9. The molecular formula is C61H114O5. The molecule has 0 fully saturated rings. The van der Waals surface area contributed by atoms with Gasteiger partial charge in [0.25, 0.3) is 0 Å². The van der Waals surface area contributed by atoms with Gasteiger partial charge in [-0.15, -0.1) is 0 Å². The lowest BCUT2D eigenvalue weighted by atomic mass is 10.0. The first-order valence-corrected chi connectivity index (χ1v) is 29.5. The lowest BCUT2D eigenvalue weighted by Crippen LogP contribution is -2.30. The first-order valence-electron chi connectivity index (χ1n) is 29.5. The molecule has 388 valence electrons. The number of ether oxygens (including phenoxy) is 3. The second-order valence-corrected chi connectivity index (χ2v) is 19.9. The highest BCUT2D eigenvalue weighted by Gasteiger charge is 2.17. The Hall–Kier alpha value is -1.88. The molecule has 66 heavy (non-hydrogen) atoms. The first kappa shape index (κ1) is 64.1. The van der Waals surface area contributed by atoms with Crippen molar-refractivity contribution >= 4 is 11.9 Å². The van der Waals surface area contributed by atoms with Crippen LogP contribution in [-0.2, 0) is 23.8 Å². The van der Waals surface area contributed by atoms with E-state index in [1.54, 1.807) is 0 Å². The zero-order valence-corrected chi connectivity index (χ0v) is 44.7. The van der Waals surface area contributed by atoms with Gasteiger partial charge in [-0.3, -0.25) is 9.59 Å². The molecule has 0 aromatic heterocycles. The van der Waals surface area contributed by atoms with E-state index in [1.807, 2.05) is 0 Å². The molecule has 0 heterocycles. The van der Waals surface area contributed by atoms with E-state index in [9.17, 15) is 9.59 Å². The van der Waals surface area contributed by atoms with Gasteiger partial charge in [-0.2, -0.15) is 0 Å². The summed E-state index contributed by atoms with van der Waals surface area (Å²) in [6.07, 6.45) is 70.2. The third-order valence-electron chi connectivity index (χ3n) is 13.1. The number of allylic oxidation sites excluding steroid dienone is 6. The Morgan fingerprint density at radius 2 is 0.636 bits per heavy atom. The van der Waals surface area contributed by atoms with Crippen molar-refractivity contribution in [2.75, 3.05) is 19.8 Å². The minimum atomic E-state index is -0.540. The average molecular weight is 928 g/mol. The SMILES string of the molecule is CCCCC/C=C\C/C=C\CCCCCCCCOCC(COC(=O)CCCCCCCCC/C=C\CCCCCCCC)OC(=O)CCCCCCCCCCCCCCCCCCC. The van der Waals surface area contributed by atoms with Crippen LogP contribution in [0.25, 0.3) is 0 Å². The van der Waals surface area contributed by atoms with Crippen molar-refractivity contribution in [1.82, 2.24) is 0 Å². The van der Waals surface area contributed by atoms with Crippen molar-refractivity contribution in [3.63, 3.8) is 0 Å². The van der Waals surface area contributed by atoms with E-state index >= 15 is 0 Å². The fourth-order valence-corrected chi connectivity index (χ4v) is 8.71. The fraction of sp³-hybridized carbons (Fsp3) is 0.869. The maximum Gasteiger partial charge on any atom is 0.306 e. The second kappa shape index (κ2) is 57.4. The third-order valence-corrected chi connectivity index (χ3v) is 13.1. The lowest BCUT2D eigenvalue weighted by Gasteiger charge is -2.18. The number of esters is 2. The summed E-state index contributed by atoms with van der Waals surface area (Å²) in [5, 5.41) is 0. The molecule has 0 aromatic carbocycles. The highest BCUT2D eigenvalue weighted by atomic mass is 16.6. The van der Waals surface area contributed by atoms with Gasteiger partial charge in [0.1, 0.15) is 6.61 Å². The summed E-state index contributed by atoms with van der Waals surface area (Å²) in [5.41, 5.74) is 0. The molecule has 0 bridgehead atoms. The molecular weight excluding hydrogens is 813 g/mol. The van der Waals surface area contributed by atoms with Crippen LogP contribution in [0.4, 0.5) is 0 Å². The molecule has 0 aromatic rings. The molecule has 0 rings (SSSR count). The van der Waals surface area contributed by atoms with Crippen LogP contribution >= 0.6 is 0 Å². The number of unbranched alkanes of at least 4 members (excludes halogenated alkanes) is 38. The van der Waals surface area contributed by atoms with E-state index < -0.39 is 6.10 Å². The third kappa shape index (κ3) is 54.7. The Labute approximate surface area is 412 Å². The van der Waals surface area contributed by atoms with E-state index in [1.165, 1.54) is 238 Å². The van der Waals surface area contributed by atoms with Crippen molar-refractivity contribution in [2.45, 2.75) is 322 Å². The van der Waals surface area contributed by atoms with Crippen LogP contribution in [0, 0.1) is 0 Å². The fourth-order valence-electron chi connectivity index (χ4n) is 8.71. The quantitative estimate of drug-likeness (QED) is 0.0345. The van der Waals surface area contributed by atoms with Crippen LogP contribution in [0.2, 0.25) is 0 Å². The molecule has 1 unspecified atom stereocenters. The average Bonchev–Trinajstić information content (AvgIpc) is 3.32. The largest absolute Gasteiger partial charge is 0.462 e. The van der Waals surface area contributed by atoms with Crippen molar-refractivity contribution in [3.05, 3.63) is 36.5 Å². The number of hydrogen-bond acceptors (Lipinski definition) is 5. The minimum Gasteiger partial charge on any atom is -0.462 e. The highest BCUT2D eigenvalue weighted by molar-refractivity contribution is 5.70. The number of rotatable bonds is 55. The van der Waals surface area contributed by atoms with Gasteiger partial charge in [0.15, 0.2) is 6.10 Å². The van der Waals surface area contributed by atoms with Crippen LogP contribution in [0.3, 0.4) is 0 Å². The van der Waals surface area contributed by atoms with Gasteiger partial charge in [0, 0.05) is 19.4 Å². The molecule has 0 saturated heterocycles. The summed E-state index contributed by atoms with van der Waals surface area (Å²) in [4.78, 5) is 25.5. The molecule has 5 nitrogen and oxygen atoms in total. The van der Waals surface area contributed by atoms with Crippen molar-refractivity contribution in [1.29, 1.82) is 0 Å². The molecule has 0 aliphatic carbocycles. The summed E-state index contributed by atoms with van der Waals surface area (Å²) < 4.78 is 17.5. The predicted molar refractivity (Wildman–Crippen MR) is 288 cm³/mol. The van der Waals surface area contributed by atoms with E-state index in [4.69, 9.17) is 14.2 Å². The molecule has 0 saturated carbocycles. The van der Waals surface area contributed by atoms with Crippen LogP contribution in [0.1, 0.15) is 316 Å². The number of carbonyl (C=O) groups is 2. The Morgan fingerprint density at radius 3 is 1.05 bits per heavy atom. The molecule has 0 aliphatic heterocycles. The summed E-state index contributed by atoms with van der Waals surface area (Å²) >= 11 is 0. The summed E-state index contributed by atoms with van der Waals surface area (Å²) in [6.45, 7) is 7.83. The van der Waals surface area contributed by atoms with Crippen LogP contribution in [-0.4, -0.2) is 37.9 Å². The van der Waals surface area contributed by atoms with Crippen molar-refractivity contribution in [3.8, 4) is 0 Å². The predicted octanol–water partition coefficient (Wildman–Crippen LogP) is 20.1. The van der Waals surface area contributed by atoms with Gasteiger partial charge in [0.2, 0.25) is 0 Å². The Morgan fingerprint density at radius 1 is 0.333 bits per heavy atom. The molecule has 0 spiro atoms. The first-order chi connectivity index (χ1) is 32.6. The van der Waals surface area contributed by atoms with Crippen LogP contribution in [0.15, 0.2) is 36.5 Å². The maximum absolute atomic E-state index is 12.9. The zero-order valence-electron chi connectivity index (χ0n) is 44.7. The van der Waals surface area contributed by atoms with Crippen LogP contribution in [0.5, 0.6) is 0 Å². The van der Waals surface area contributed by atoms with E-state index in [-0.39, 0.29) is 25.2 Å². The summed E-state index contributed by atoms with van der Waals surface area (Å²) in [7, 11) is 0. The lowest BCUT2D eigenvalue weighted by molar-refractivity contribution is -0.163. The van der Waals surface area contributed by atoms with Gasteiger partial charge < -0.3 is 14.2 Å². The number of carbonyl (C=O) groups excluding carboxylic acids is 2. The maximum atomic E-state index is 12.9. The van der Waals surface area contributed by atoms with Crippen molar-refractivity contribution < 1.29 is 23.8 Å². The van der Waals surface area contributed by atoms with Crippen molar-refractivity contribution in [2.24, 2.45) is 0 Å². The van der Waals surface area contributed by atoms with Crippen LogP contribution < -0.4 is 0 Å². The molecule has 0 aliphatic rings. The molecule has 0 radical (unpaired) electrons. The molecule has 5 heteroatoms. The van der Waals surface area contributed by atoms with E-state index in [0.717, 1.165) is 44.9 Å². The zero-order chi connectivity index (χ0) is 47.7. The molecule has 0 amide bonds. The minimum absolute atomic E-state index is 0.0840. The molecule has 0 N–H and O–H groups in total. The number of hydrogen-bond donors (Lipinski definition) is 0. The Balaban J connectivity index is 4.25.